The van der Waals surface area contributed by atoms with Crippen molar-refractivity contribution in [3.8, 4) is 0 Å². The third-order valence-corrected chi connectivity index (χ3v) is 14.0. The Balaban J connectivity index is 2.14. The van der Waals surface area contributed by atoms with Crippen LogP contribution in [0.2, 0.25) is 0 Å². The fourth-order valence-electron chi connectivity index (χ4n) is 9.08. The fraction of sp³-hybridized carbons (Fsp3) is 0.708. The average molecular weight is 959 g/mol. The summed E-state index contributed by atoms with van der Waals surface area (Å²) < 4.78 is -0.920. The van der Waals surface area contributed by atoms with E-state index in [2.05, 4.69) is 41.2 Å². The minimum absolute atomic E-state index is 0.0157. The monoisotopic (exact) mass is 959 g/mol. The first kappa shape index (κ1) is 56.6. The highest BCUT2D eigenvalue weighted by molar-refractivity contribution is 7.82. The van der Waals surface area contributed by atoms with Crippen LogP contribution in [0.1, 0.15) is 148 Å². The second kappa shape index (κ2) is 26.8. The predicted molar refractivity (Wildman–Crippen MR) is 262 cm³/mol. The summed E-state index contributed by atoms with van der Waals surface area (Å²) in [5.41, 5.74) is 22.4. The first-order chi connectivity index (χ1) is 31.1. The Bertz CT molecular complexity index is 1800. The van der Waals surface area contributed by atoms with Gasteiger partial charge >= 0.3 is 0 Å². The molecule has 11 N–H and O–H groups in total. The molecule has 2 fully saturated rings. The lowest BCUT2D eigenvalue weighted by atomic mass is 9.77. The lowest BCUT2D eigenvalue weighted by Gasteiger charge is -2.44. The van der Waals surface area contributed by atoms with Gasteiger partial charge in [-0.25, -0.2) is 0 Å². The number of ketones is 2. The third-order valence-electron chi connectivity index (χ3n) is 13.1. The Labute approximate surface area is 402 Å². The average Bonchev–Trinajstić information content (AvgIpc) is 3.29. The number of amides is 5. The van der Waals surface area contributed by atoms with Crippen LogP contribution >= 0.6 is 25.3 Å². The number of thiol groups is 2. The summed E-state index contributed by atoms with van der Waals surface area (Å²) in [5.74, 6) is -6.60. The Morgan fingerprint density at radius 2 is 1.27 bits per heavy atom. The van der Waals surface area contributed by atoms with Crippen molar-refractivity contribution in [2.24, 2.45) is 40.7 Å². The number of unbranched alkanes of at least 4 members (excludes halogenated alkanes) is 1. The van der Waals surface area contributed by atoms with Gasteiger partial charge < -0.3 is 43.7 Å². The number of carbonyl (C=O) groups excluding carboxylic acids is 8. The minimum atomic E-state index is -2.90. The number of nitrogens with one attached hydrogen (secondary N) is 3. The molecule has 0 saturated heterocycles. The SMILES string of the molecule is CC(C)C[C@H](NC(=O)[C@H](C)NC(=O)[C@H](CCCCN)NC(=O)[C@@H](N)C(C)(C)S)C(=O)N(C(=O)[C@@H](N)CC1CCCCC1)[C@@](C=O)(C(=O)[C@@H](N)CC1CCCCC1)C(S)C(=O)c1ccccc1. The van der Waals surface area contributed by atoms with Crippen molar-refractivity contribution in [2.75, 3.05) is 6.54 Å². The van der Waals surface area contributed by atoms with Gasteiger partial charge in [-0.05, 0) is 83.6 Å². The van der Waals surface area contributed by atoms with Crippen molar-refractivity contribution >= 4 is 72.6 Å². The zero-order valence-corrected chi connectivity index (χ0v) is 41.5. The summed E-state index contributed by atoms with van der Waals surface area (Å²) in [4.78, 5) is 116. The molecule has 5 amide bonds. The number of nitrogens with two attached hydrogens (primary N) is 4. The van der Waals surface area contributed by atoms with Crippen molar-refractivity contribution in [2.45, 2.75) is 189 Å². The summed E-state index contributed by atoms with van der Waals surface area (Å²) in [7, 11) is 0. The van der Waals surface area contributed by atoms with Crippen LogP contribution in [0, 0.1) is 17.8 Å². The van der Waals surface area contributed by atoms with Gasteiger partial charge in [0, 0.05) is 10.3 Å². The van der Waals surface area contributed by atoms with E-state index >= 15 is 14.4 Å². The van der Waals surface area contributed by atoms with Crippen molar-refractivity contribution in [1.82, 2.24) is 20.9 Å². The number of benzene rings is 1. The van der Waals surface area contributed by atoms with Crippen molar-refractivity contribution in [3.05, 3.63) is 35.9 Å². The second-order valence-electron chi connectivity index (χ2n) is 19.5. The Morgan fingerprint density at radius 3 is 1.77 bits per heavy atom. The maximum Gasteiger partial charge on any atom is 0.253 e. The smallest absolute Gasteiger partial charge is 0.253 e. The van der Waals surface area contributed by atoms with E-state index in [0.717, 1.165) is 64.2 Å². The van der Waals surface area contributed by atoms with E-state index in [4.69, 9.17) is 22.9 Å². The van der Waals surface area contributed by atoms with Crippen LogP contribution in [-0.4, -0.2) is 111 Å². The Hall–Kier alpha value is -3.68. The minimum Gasteiger partial charge on any atom is -0.343 e. The molecule has 0 heterocycles. The molecule has 16 nitrogen and oxygen atoms in total. The van der Waals surface area contributed by atoms with Gasteiger partial charge in [0.05, 0.1) is 18.1 Å². The van der Waals surface area contributed by atoms with E-state index in [9.17, 15) is 24.0 Å². The standard InChI is InChI=1S/C48H78N8O8S2/c1-29(2)25-37(55-42(60)30(3)53-43(61)36(23-15-16-24-49)54-44(62)39(52)47(4,5)66)46(64)56(45(63)35(51)27-32-19-11-7-12-20-32)48(28-57,41(65)38(58)33-21-13-8-14-22-33)40(59)34(50)26-31-17-9-6-10-18-31/h8,13-14,21-22,28-32,34-37,39,41,65-66H,6-7,9-12,15-20,23-27,49-52H2,1-5H3,(H,53,61)(H,54,62)(H,55,60)/t30-,34-,35-,36-,37-,39+,41?,48-/m0/s1. The summed E-state index contributed by atoms with van der Waals surface area (Å²) in [5, 5.41) is 6.01. The van der Waals surface area contributed by atoms with Gasteiger partial charge in [-0.3, -0.25) is 38.5 Å². The van der Waals surface area contributed by atoms with Gasteiger partial charge in [-0.2, -0.15) is 25.3 Å². The number of Topliss-reactive ketones (excluding diaryl/α,β-unsaturated/α-hetero) is 2. The molecule has 370 valence electrons. The first-order valence-corrected chi connectivity index (χ1v) is 24.8. The molecule has 2 saturated carbocycles. The lowest BCUT2D eigenvalue weighted by Crippen LogP contribution is -2.73. The largest absolute Gasteiger partial charge is 0.343 e. The lowest BCUT2D eigenvalue weighted by molar-refractivity contribution is -0.162. The van der Waals surface area contributed by atoms with Crippen LogP contribution in [0.5, 0.6) is 0 Å². The molecule has 1 aromatic carbocycles. The van der Waals surface area contributed by atoms with E-state index in [-0.39, 0.29) is 55.3 Å². The Kier molecular flexibility index (Phi) is 23.0. The number of hydrogen-bond acceptors (Lipinski definition) is 14. The molecule has 66 heavy (non-hydrogen) atoms. The number of rotatable bonds is 26. The van der Waals surface area contributed by atoms with Gasteiger partial charge in [-0.1, -0.05) is 108 Å². The number of carbonyl (C=O) groups is 8. The maximum absolute atomic E-state index is 15.5. The van der Waals surface area contributed by atoms with Crippen LogP contribution < -0.4 is 38.9 Å². The van der Waals surface area contributed by atoms with E-state index in [1.165, 1.54) is 19.1 Å². The molecule has 18 heteroatoms. The van der Waals surface area contributed by atoms with Gasteiger partial charge in [0.2, 0.25) is 23.6 Å². The molecule has 0 spiro atoms. The molecule has 1 unspecified atom stereocenters. The van der Waals surface area contributed by atoms with Crippen LogP contribution in [0.4, 0.5) is 0 Å². The molecule has 8 atom stereocenters. The molecule has 0 aromatic heterocycles. The van der Waals surface area contributed by atoms with Gasteiger partial charge in [0.25, 0.3) is 5.91 Å². The van der Waals surface area contributed by atoms with Crippen molar-refractivity contribution < 1.29 is 38.4 Å². The van der Waals surface area contributed by atoms with E-state index in [1.54, 1.807) is 45.9 Å². The number of imide groups is 1. The third kappa shape index (κ3) is 15.7. The highest BCUT2D eigenvalue weighted by atomic mass is 32.1. The highest BCUT2D eigenvalue weighted by Gasteiger charge is 2.59. The fourth-order valence-corrected chi connectivity index (χ4v) is 9.65. The molecular weight excluding hydrogens is 881 g/mol. The van der Waals surface area contributed by atoms with Gasteiger partial charge in [0.1, 0.15) is 23.4 Å². The van der Waals surface area contributed by atoms with E-state index < -0.39 is 92.9 Å². The molecule has 0 aliphatic heterocycles. The number of hydrogen-bond donors (Lipinski definition) is 9. The number of aldehydes is 1. The molecule has 3 rings (SSSR count). The maximum atomic E-state index is 15.5. The molecule has 0 bridgehead atoms. The molecule has 1 aromatic rings. The Morgan fingerprint density at radius 1 is 0.742 bits per heavy atom. The zero-order valence-electron chi connectivity index (χ0n) is 39.7. The van der Waals surface area contributed by atoms with Crippen molar-refractivity contribution in [1.29, 1.82) is 0 Å². The van der Waals surface area contributed by atoms with Crippen LogP contribution in [-0.2, 0) is 33.6 Å². The summed E-state index contributed by atoms with van der Waals surface area (Å²) in [6.45, 7) is 8.56. The normalized spacial score (nSPS) is 19.2. The van der Waals surface area contributed by atoms with E-state index in [1.807, 2.05) is 0 Å². The van der Waals surface area contributed by atoms with Crippen LogP contribution in [0.25, 0.3) is 0 Å². The van der Waals surface area contributed by atoms with Crippen molar-refractivity contribution in [3.63, 3.8) is 0 Å². The first-order valence-electron chi connectivity index (χ1n) is 23.9. The van der Waals surface area contributed by atoms with E-state index in [0.29, 0.717) is 24.3 Å². The van der Waals surface area contributed by atoms with Crippen LogP contribution in [0.3, 0.4) is 0 Å². The summed E-state index contributed by atoms with van der Waals surface area (Å²) in [6.07, 6.45) is 10.4. The highest BCUT2D eigenvalue weighted by Crippen LogP contribution is 2.35. The molecule has 2 aliphatic carbocycles. The predicted octanol–water partition coefficient (Wildman–Crippen LogP) is 3.31. The van der Waals surface area contributed by atoms with Crippen LogP contribution in [0.15, 0.2) is 30.3 Å². The summed E-state index contributed by atoms with van der Waals surface area (Å²) >= 11 is 9.08. The topological polar surface area (TPSA) is 280 Å². The number of nitrogens with zero attached hydrogens (tertiary/aromatic N) is 1. The molecule has 2 aliphatic rings. The molecular formula is C48H78N8O8S2. The summed E-state index contributed by atoms with van der Waals surface area (Å²) in [6, 6.07) is -0.106. The van der Waals surface area contributed by atoms with Gasteiger partial charge in [-0.15, -0.1) is 0 Å². The second-order valence-corrected chi connectivity index (χ2v) is 21.2. The zero-order chi connectivity index (χ0) is 49.4. The molecule has 0 radical (unpaired) electrons. The quantitative estimate of drug-likeness (QED) is 0.0213. The van der Waals surface area contributed by atoms with Gasteiger partial charge in [0.15, 0.2) is 23.4 Å².